The molecular weight excluding hydrogens is 214 g/mol. The van der Waals surface area contributed by atoms with E-state index in [4.69, 9.17) is 0 Å². The lowest BCUT2D eigenvalue weighted by Gasteiger charge is -2.08. The van der Waals surface area contributed by atoms with Crippen LogP contribution in [-0.2, 0) is 4.79 Å². The molecular formula is C12H12F2O2. The zero-order valence-corrected chi connectivity index (χ0v) is 9.04. The molecule has 0 spiro atoms. The van der Waals surface area contributed by atoms with E-state index in [1.807, 2.05) is 19.8 Å². The van der Waals surface area contributed by atoms with E-state index in [0.717, 1.165) is 0 Å². The van der Waals surface area contributed by atoms with E-state index < -0.39 is 6.61 Å². The lowest BCUT2D eigenvalue weighted by Crippen LogP contribution is -2.02. The molecule has 1 aromatic rings. The molecule has 0 radical (unpaired) electrons. The largest absolute Gasteiger partial charge is 0.435 e. The monoisotopic (exact) mass is 226 g/mol. The van der Waals surface area contributed by atoms with Gasteiger partial charge in [-0.15, -0.1) is 0 Å². The van der Waals surface area contributed by atoms with Crippen LogP contribution in [0.3, 0.4) is 0 Å². The Hall–Kier alpha value is -1.67. The van der Waals surface area contributed by atoms with Crippen molar-refractivity contribution in [3.8, 4) is 5.75 Å². The fraction of sp³-hybridized carbons (Fsp3) is 0.333. The van der Waals surface area contributed by atoms with Crippen molar-refractivity contribution in [2.24, 2.45) is 5.92 Å². The SMILES string of the molecule is CC(C)C(=C=O)c1ccc(OC(F)F)cc1. The third-order valence-electron chi connectivity index (χ3n) is 2.08. The highest BCUT2D eigenvalue weighted by molar-refractivity contribution is 5.88. The molecule has 0 amide bonds. The molecule has 1 rings (SSSR count). The lowest BCUT2D eigenvalue weighted by atomic mass is 9.97. The number of alkyl halides is 2. The number of carbonyl (C=O) groups excluding carboxylic acids is 1. The van der Waals surface area contributed by atoms with Crippen LogP contribution in [0, 0.1) is 5.92 Å². The molecule has 1 aromatic carbocycles. The average Bonchev–Trinajstić information content (AvgIpc) is 2.20. The van der Waals surface area contributed by atoms with Crippen molar-refractivity contribution in [1.29, 1.82) is 0 Å². The number of halogens is 2. The first-order chi connectivity index (χ1) is 7.54. The average molecular weight is 226 g/mol. The Kier molecular flexibility index (Phi) is 4.20. The van der Waals surface area contributed by atoms with Crippen molar-refractivity contribution in [2.45, 2.75) is 20.5 Å². The van der Waals surface area contributed by atoms with Gasteiger partial charge in [-0.25, -0.2) is 4.79 Å². The molecule has 0 aliphatic carbocycles. The van der Waals surface area contributed by atoms with Gasteiger partial charge in [-0.3, -0.25) is 0 Å². The number of hydrogen-bond acceptors (Lipinski definition) is 2. The predicted octanol–water partition coefficient (Wildman–Crippen LogP) is 3.16. The molecule has 4 heteroatoms. The third kappa shape index (κ3) is 3.17. The zero-order chi connectivity index (χ0) is 12.1. The van der Waals surface area contributed by atoms with Gasteiger partial charge >= 0.3 is 6.61 Å². The quantitative estimate of drug-likeness (QED) is 0.737. The second kappa shape index (κ2) is 5.42. The Morgan fingerprint density at radius 2 is 1.81 bits per heavy atom. The van der Waals surface area contributed by atoms with Gasteiger partial charge in [0.1, 0.15) is 11.7 Å². The highest BCUT2D eigenvalue weighted by Gasteiger charge is 2.09. The van der Waals surface area contributed by atoms with Gasteiger partial charge in [-0.2, -0.15) is 8.78 Å². The maximum Gasteiger partial charge on any atom is 0.387 e. The maximum absolute atomic E-state index is 11.9. The molecule has 0 atom stereocenters. The molecule has 0 fully saturated rings. The fourth-order valence-electron chi connectivity index (χ4n) is 1.33. The summed E-state index contributed by atoms with van der Waals surface area (Å²) in [5, 5.41) is 0. The first-order valence-electron chi connectivity index (χ1n) is 4.85. The molecule has 0 bridgehead atoms. The van der Waals surface area contributed by atoms with Gasteiger partial charge in [0.15, 0.2) is 0 Å². The van der Waals surface area contributed by atoms with Crippen molar-refractivity contribution >= 4 is 11.5 Å². The van der Waals surface area contributed by atoms with Gasteiger partial charge in [0.05, 0.1) is 0 Å². The minimum Gasteiger partial charge on any atom is -0.435 e. The normalized spacial score (nSPS) is 10.4. The van der Waals surface area contributed by atoms with Crippen molar-refractivity contribution in [3.63, 3.8) is 0 Å². The van der Waals surface area contributed by atoms with Crippen molar-refractivity contribution < 1.29 is 18.3 Å². The molecule has 0 heterocycles. The minimum absolute atomic E-state index is 0.0411. The minimum atomic E-state index is -2.84. The molecule has 0 aliphatic rings. The van der Waals surface area contributed by atoms with Crippen LogP contribution in [0.15, 0.2) is 24.3 Å². The zero-order valence-electron chi connectivity index (χ0n) is 9.04. The molecule has 0 aliphatic heterocycles. The first-order valence-corrected chi connectivity index (χ1v) is 4.85. The maximum atomic E-state index is 11.9. The Morgan fingerprint density at radius 3 is 2.19 bits per heavy atom. The van der Waals surface area contributed by atoms with E-state index in [1.54, 1.807) is 12.1 Å². The van der Waals surface area contributed by atoms with Crippen molar-refractivity contribution in [1.82, 2.24) is 0 Å². The van der Waals surface area contributed by atoms with E-state index in [9.17, 15) is 13.6 Å². The lowest BCUT2D eigenvalue weighted by molar-refractivity contribution is -0.0498. The van der Waals surface area contributed by atoms with Gasteiger partial charge in [0.2, 0.25) is 0 Å². The predicted molar refractivity (Wildman–Crippen MR) is 57.0 cm³/mol. The second-order valence-electron chi connectivity index (χ2n) is 3.57. The van der Waals surface area contributed by atoms with Gasteiger partial charge in [0, 0.05) is 5.57 Å². The highest BCUT2D eigenvalue weighted by Crippen LogP contribution is 2.23. The van der Waals surface area contributed by atoms with Gasteiger partial charge in [-0.1, -0.05) is 26.0 Å². The number of ether oxygens (including phenoxy) is 1. The fourth-order valence-corrected chi connectivity index (χ4v) is 1.33. The highest BCUT2D eigenvalue weighted by atomic mass is 19.3. The van der Waals surface area contributed by atoms with E-state index in [-0.39, 0.29) is 11.7 Å². The molecule has 16 heavy (non-hydrogen) atoms. The smallest absolute Gasteiger partial charge is 0.387 e. The molecule has 0 unspecified atom stereocenters. The van der Waals surface area contributed by atoms with Gasteiger partial charge < -0.3 is 4.74 Å². The summed E-state index contributed by atoms with van der Waals surface area (Å²) in [6, 6.07) is 5.94. The van der Waals surface area contributed by atoms with E-state index in [1.165, 1.54) is 12.1 Å². The summed E-state index contributed by atoms with van der Waals surface area (Å²) in [4.78, 5) is 10.7. The van der Waals surface area contributed by atoms with E-state index in [2.05, 4.69) is 4.74 Å². The van der Waals surface area contributed by atoms with Crippen LogP contribution in [-0.4, -0.2) is 12.6 Å². The Morgan fingerprint density at radius 1 is 1.25 bits per heavy atom. The summed E-state index contributed by atoms with van der Waals surface area (Å²) in [6.45, 7) is 0.894. The van der Waals surface area contributed by atoms with Crippen LogP contribution in [0.25, 0.3) is 5.57 Å². The molecule has 0 saturated heterocycles. The number of hydrogen-bond donors (Lipinski definition) is 0. The summed E-state index contributed by atoms with van der Waals surface area (Å²) in [7, 11) is 0. The molecule has 0 saturated carbocycles. The van der Waals surface area contributed by atoms with Crippen LogP contribution < -0.4 is 4.74 Å². The molecule has 86 valence electrons. The number of benzene rings is 1. The first kappa shape index (κ1) is 12.4. The summed E-state index contributed by atoms with van der Waals surface area (Å²) in [5.41, 5.74) is 1.19. The topological polar surface area (TPSA) is 26.3 Å². The van der Waals surface area contributed by atoms with E-state index >= 15 is 0 Å². The van der Waals surface area contributed by atoms with Crippen molar-refractivity contribution in [2.75, 3.05) is 0 Å². The van der Waals surface area contributed by atoms with Gasteiger partial charge in [-0.05, 0) is 23.6 Å². The Bertz CT molecular complexity index is 390. The van der Waals surface area contributed by atoms with E-state index in [0.29, 0.717) is 11.1 Å². The third-order valence-corrected chi connectivity index (χ3v) is 2.08. The van der Waals surface area contributed by atoms with Crippen LogP contribution in [0.1, 0.15) is 19.4 Å². The number of rotatable bonds is 4. The molecule has 0 N–H and O–H groups in total. The summed E-state index contributed by atoms with van der Waals surface area (Å²) in [5.74, 6) is 1.97. The van der Waals surface area contributed by atoms with Gasteiger partial charge in [0.25, 0.3) is 0 Å². The standard InChI is InChI=1S/C12H12F2O2/c1-8(2)11(7-15)9-3-5-10(6-4-9)16-12(13)14/h3-6,8,12H,1-2H3. The van der Waals surface area contributed by atoms with Crippen LogP contribution in [0.5, 0.6) is 5.75 Å². The summed E-state index contributed by atoms with van der Waals surface area (Å²) < 4.78 is 28.0. The Labute approximate surface area is 92.5 Å². The molecule has 2 nitrogen and oxygen atoms in total. The Balaban J connectivity index is 2.90. The summed E-state index contributed by atoms with van der Waals surface area (Å²) in [6.07, 6.45) is 0. The molecule has 0 aromatic heterocycles. The van der Waals surface area contributed by atoms with Crippen LogP contribution in [0.2, 0.25) is 0 Å². The summed E-state index contributed by atoms with van der Waals surface area (Å²) >= 11 is 0. The van der Waals surface area contributed by atoms with Crippen molar-refractivity contribution in [3.05, 3.63) is 29.8 Å². The second-order valence-corrected chi connectivity index (χ2v) is 3.57. The number of allylic oxidation sites excluding steroid dienone is 1. The van der Waals surface area contributed by atoms with Crippen LogP contribution in [0.4, 0.5) is 8.78 Å². The van der Waals surface area contributed by atoms with Crippen LogP contribution >= 0.6 is 0 Å².